The Morgan fingerprint density at radius 3 is 2.08 bits per heavy atom. The molecular weight excluding hydrogens is 550 g/mol. The molecule has 2 aromatic carbocycles. The molecule has 6 nitrogen and oxygen atoms in total. The van der Waals surface area contributed by atoms with E-state index < -0.39 is 29.1 Å². The summed E-state index contributed by atoms with van der Waals surface area (Å²) in [6.07, 6.45) is -1.54. The van der Waals surface area contributed by atoms with E-state index in [9.17, 15) is 32.3 Å². The average Bonchev–Trinajstić information content (AvgIpc) is 2.92. The Morgan fingerprint density at radius 1 is 0.975 bits per heavy atom. The molecule has 2 amide bonds. The van der Waals surface area contributed by atoms with Crippen LogP contribution in [0.25, 0.3) is 0 Å². The molecule has 218 valence electrons. The van der Waals surface area contributed by atoms with Crippen LogP contribution in [0.1, 0.15) is 48.0 Å². The van der Waals surface area contributed by atoms with Gasteiger partial charge in [-0.1, -0.05) is 29.8 Å². The lowest BCUT2D eigenvalue weighted by molar-refractivity contribution is -0.263. The minimum Gasteiger partial charge on any atom is -0.371 e. The highest BCUT2D eigenvalue weighted by atomic mass is 35.5. The second kappa shape index (κ2) is 11.9. The van der Waals surface area contributed by atoms with Crippen molar-refractivity contribution in [3.05, 3.63) is 64.4 Å². The third kappa shape index (κ3) is 6.07. The molecule has 0 spiro atoms. The highest BCUT2D eigenvalue weighted by molar-refractivity contribution is 6.34. The van der Waals surface area contributed by atoms with E-state index in [2.05, 4.69) is 4.90 Å². The van der Waals surface area contributed by atoms with Gasteiger partial charge in [0.05, 0.1) is 10.6 Å². The number of alkyl halides is 3. The van der Waals surface area contributed by atoms with E-state index >= 15 is 0 Å². The van der Waals surface area contributed by atoms with Gasteiger partial charge < -0.3 is 19.8 Å². The number of carbonyl (C=O) groups excluding carboxylic acids is 2. The molecule has 0 radical (unpaired) electrons. The number of likely N-dealkylation sites (tertiary alicyclic amines) is 1. The van der Waals surface area contributed by atoms with Crippen molar-refractivity contribution in [2.75, 3.05) is 45.2 Å². The van der Waals surface area contributed by atoms with Crippen molar-refractivity contribution >= 4 is 29.1 Å². The highest BCUT2D eigenvalue weighted by Gasteiger charge is 2.63. The zero-order chi connectivity index (χ0) is 29.2. The van der Waals surface area contributed by atoms with Crippen LogP contribution < -0.4 is 4.90 Å². The van der Waals surface area contributed by atoms with Gasteiger partial charge >= 0.3 is 6.18 Å². The molecule has 0 unspecified atom stereocenters. The molecule has 0 aromatic heterocycles. The van der Waals surface area contributed by atoms with E-state index in [0.717, 1.165) is 61.1 Å². The van der Waals surface area contributed by atoms with E-state index in [-0.39, 0.29) is 24.9 Å². The summed E-state index contributed by atoms with van der Waals surface area (Å²) in [4.78, 5) is 29.9. The summed E-state index contributed by atoms with van der Waals surface area (Å²) >= 11 is 6.38. The molecule has 2 aliphatic rings. The van der Waals surface area contributed by atoms with Crippen molar-refractivity contribution in [3.8, 4) is 0 Å². The van der Waals surface area contributed by atoms with E-state index in [1.165, 1.54) is 11.0 Å². The molecule has 1 atom stereocenters. The molecular formula is C29H34ClF4N3O3. The second-order valence-electron chi connectivity index (χ2n) is 11.0. The monoisotopic (exact) mass is 583 g/mol. The standard InChI is InChI=1S/C29H34ClF4N3O3/c1-35(2)26(38)22-8-7-21(18-24(22)30)36-13-9-19(10-14-36)17-20-11-15-37(16-12-20)27(39)28(40,29(32,33)34)23-5-3-4-6-25(23)31/h3-8,18-20,40H,9-17H2,1-2H3/t28-/m1/s1. The normalized spacial score (nSPS) is 18.9. The van der Waals surface area contributed by atoms with E-state index in [1.54, 1.807) is 20.2 Å². The van der Waals surface area contributed by atoms with E-state index in [0.29, 0.717) is 29.3 Å². The fraction of sp³-hybridized carbons (Fsp3) is 0.517. The molecule has 40 heavy (non-hydrogen) atoms. The fourth-order valence-corrected chi connectivity index (χ4v) is 6.01. The van der Waals surface area contributed by atoms with Crippen LogP contribution in [0.5, 0.6) is 0 Å². The van der Waals surface area contributed by atoms with E-state index in [4.69, 9.17) is 11.6 Å². The van der Waals surface area contributed by atoms with Crippen LogP contribution in [0, 0.1) is 17.7 Å². The topological polar surface area (TPSA) is 64.1 Å². The lowest BCUT2D eigenvalue weighted by Crippen LogP contribution is -2.57. The van der Waals surface area contributed by atoms with Crippen molar-refractivity contribution in [1.29, 1.82) is 0 Å². The Bertz CT molecular complexity index is 1230. The molecule has 2 fully saturated rings. The number of amides is 2. The molecule has 0 bridgehead atoms. The molecule has 2 heterocycles. The van der Waals surface area contributed by atoms with Gasteiger partial charge in [0.25, 0.3) is 17.4 Å². The summed E-state index contributed by atoms with van der Waals surface area (Å²) in [6.45, 7) is 1.79. The zero-order valence-corrected chi connectivity index (χ0v) is 23.3. The Hall–Kier alpha value is -2.85. The summed E-state index contributed by atoms with van der Waals surface area (Å²) < 4.78 is 56.0. The molecule has 2 saturated heterocycles. The smallest absolute Gasteiger partial charge is 0.371 e. The van der Waals surface area contributed by atoms with Crippen molar-refractivity contribution in [3.63, 3.8) is 0 Å². The predicted molar refractivity (Wildman–Crippen MR) is 145 cm³/mol. The van der Waals surface area contributed by atoms with Crippen LogP contribution >= 0.6 is 11.6 Å². The van der Waals surface area contributed by atoms with Crippen molar-refractivity contribution in [1.82, 2.24) is 9.80 Å². The van der Waals surface area contributed by atoms with Crippen LogP contribution in [-0.2, 0) is 10.4 Å². The summed E-state index contributed by atoms with van der Waals surface area (Å²) in [7, 11) is 3.35. The van der Waals surface area contributed by atoms with Crippen molar-refractivity contribution < 1.29 is 32.3 Å². The van der Waals surface area contributed by atoms with Crippen molar-refractivity contribution in [2.24, 2.45) is 11.8 Å². The Labute approximate surface area is 236 Å². The summed E-state index contributed by atoms with van der Waals surface area (Å²) in [5.74, 6) is -2.28. The maximum atomic E-state index is 14.2. The number of piperidine rings is 2. The number of hydrogen-bond acceptors (Lipinski definition) is 4. The fourth-order valence-electron chi connectivity index (χ4n) is 5.76. The molecule has 11 heteroatoms. The number of hydrogen-bond donors (Lipinski definition) is 1. The first-order valence-corrected chi connectivity index (χ1v) is 13.8. The quantitative estimate of drug-likeness (QED) is 0.458. The van der Waals surface area contributed by atoms with Crippen LogP contribution in [-0.4, -0.2) is 73.2 Å². The Morgan fingerprint density at radius 2 is 1.55 bits per heavy atom. The summed E-state index contributed by atoms with van der Waals surface area (Å²) in [5.41, 5.74) is -3.60. The van der Waals surface area contributed by atoms with Gasteiger partial charge in [-0.2, -0.15) is 13.2 Å². The maximum Gasteiger partial charge on any atom is 0.430 e. The van der Waals surface area contributed by atoms with Crippen molar-refractivity contribution in [2.45, 2.75) is 43.9 Å². The number of anilines is 1. The summed E-state index contributed by atoms with van der Waals surface area (Å²) in [6, 6.07) is 9.42. The second-order valence-corrected chi connectivity index (χ2v) is 11.4. The van der Waals surface area contributed by atoms with Crippen LogP contribution in [0.3, 0.4) is 0 Å². The van der Waals surface area contributed by atoms with Gasteiger partial charge in [-0.3, -0.25) is 9.59 Å². The molecule has 2 aromatic rings. The van der Waals surface area contributed by atoms with Gasteiger partial charge in [0.1, 0.15) is 5.82 Å². The SMILES string of the molecule is CN(C)C(=O)c1ccc(N2CCC(CC3CCN(C(=O)[C@](O)(c4ccccc4F)C(F)(F)F)CC3)CC2)cc1Cl. The Kier molecular flexibility index (Phi) is 8.99. The Balaban J connectivity index is 1.31. The van der Waals surface area contributed by atoms with Crippen LogP contribution in [0.4, 0.5) is 23.2 Å². The third-order valence-electron chi connectivity index (χ3n) is 8.12. The van der Waals surface area contributed by atoms with Gasteiger partial charge in [-0.25, -0.2) is 4.39 Å². The predicted octanol–water partition coefficient (Wildman–Crippen LogP) is 5.48. The van der Waals surface area contributed by atoms with Gasteiger partial charge in [0.2, 0.25) is 0 Å². The minimum atomic E-state index is -5.37. The number of benzene rings is 2. The first kappa shape index (κ1) is 30.1. The van der Waals surface area contributed by atoms with Gasteiger partial charge in [0.15, 0.2) is 0 Å². The molecule has 1 N–H and O–H groups in total. The molecule has 2 aliphatic heterocycles. The van der Waals surface area contributed by atoms with E-state index in [1.807, 2.05) is 12.1 Å². The highest BCUT2D eigenvalue weighted by Crippen LogP contribution is 2.42. The molecule has 0 saturated carbocycles. The minimum absolute atomic E-state index is 0.0751. The summed E-state index contributed by atoms with van der Waals surface area (Å²) in [5, 5.41) is 11.0. The maximum absolute atomic E-state index is 14.2. The first-order chi connectivity index (χ1) is 18.8. The van der Waals surface area contributed by atoms with Crippen LogP contribution in [0.15, 0.2) is 42.5 Å². The third-order valence-corrected chi connectivity index (χ3v) is 8.43. The number of nitrogens with zero attached hydrogens (tertiary/aromatic N) is 3. The van der Waals surface area contributed by atoms with Gasteiger partial charge in [-0.15, -0.1) is 0 Å². The van der Waals surface area contributed by atoms with Gasteiger partial charge in [0, 0.05) is 51.5 Å². The number of aliphatic hydroxyl groups is 1. The van der Waals surface area contributed by atoms with Crippen LogP contribution in [0.2, 0.25) is 5.02 Å². The lowest BCUT2D eigenvalue weighted by atomic mass is 9.82. The number of carbonyl (C=O) groups is 2. The molecule has 4 rings (SSSR count). The average molecular weight is 584 g/mol. The lowest BCUT2D eigenvalue weighted by Gasteiger charge is -2.40. The number of halogens is 5. The zero-order valence-electron chi connectivity index (χ0n) is 22.6. The largest absolute Gasteiger partial charge is 0.430 e. The number of rotatable bonds is 6. The molecule has 0 aliphatic carbocycles. The van der Waals surface area contributed by atoms with Gasteiger partial charge in [-0.05, 0) is 68.2 Å². The first-order valence-electron chi connectivity index (χ1n) is 13.4.